The van der Waals surface area contributed by atoms with Crippen LogP contribution in [0, 0.1) is 0 Å². The molecule has 0 bridgehead atoms. The molecule has 0 aromatic rings. The van der Waals surface area contributed by atoms with Gasteiger partial charge in [0, 0.05) is 24.1 Å². The largest absolute Gasteiger partial charge is 0.347 e. The van der Waals surface area contributed by atoms with Crippen molar-refractivity contribution in [1.29, 1.82) is 0 Å². The molecule has 5 nitrogen and oxygen atoms in total. The van der Waals surface area contributed by atoms with E-state index in [1.54, 1.807) is 11.8 Å². The minimum Gasteiger partial charge on any atom is -0.347 e. The predicted molar refractivity (Wildman–Crippen MR) is 67.9 cm³/mol. The second kappa shape index (κ2) is 5.53. The van der Waals surface area contributed by atoms with Gasteiger partial charge in [0.2, 0.25) is 5.91 Å². The Hall–Kier alpha value is -1.04. The number of amides is 2. The number of rotatable bonds is 3. The van der Waals surface area contributed by atoms with Crippen molar-refractivity contribution in [3.8, 4) is 0 Å². The monoisotopic (exact) mass is 255 g/mol. The van der Waals surface area contributed by atoms with Crippen LogP contribution >= 0.6 is 11.8 Å². The molecule has 2 unspecified atom stereocenters. The van der Waals surface area contributed by atoms with Crippen molar-refractivity contribution in [3.05, 3.63) is 0 Å². The van der Waals surface area contributed by atoms with E-state index in [-0.39, 0.29) is 17.9 Å². The summed E-state index contributed by atoms with van der Waals surface area (Å²) in [7, 11) is 0. The minimum atomic E-state index is -0.129. The summed E-state index contributed by atoms with van der Waals surface area (Å²) in [5.74, 6) is -0.250. The first-order chi connectivity index (χ1) is 8.20. The van der Waals surface area contributed by atoms with Crippen molar-refractivity contribution in [2.45, 2.75) is 43.4 Å². The fourth-order valence-corrected chi connectivity index (χ4v) is 3.20. The summed E-state index contributed by atoms with van der Waals surface area (Å²) in [6.07, 6.45) is 6.23. The Kier molecular flexibility index (Phi) is 4.04. The summed E-state index contributed by atoms with van der Waals surface area (Å²) >= 11 is 1.81. The van der Waals surface area contributed by atoms with Gasteiger partial charge in [0.1, 0.15) is 5.71 Å². The minimum absolute atomic E-state index is 0.121. The highest BCUT2D eigenvalue weighted by atomic mass is 32.2. The van der Waals surface area contributed by atoms with Crippen LogP contribution in [0.5, 0.6) is 0 Å². The summed E-state index contributed by atoms with van der Waals surface area (Å²) in [4.78, 5) is 22.8. The number of hydrazone groups is 1. The summed E-state index contributed by atoms with van der Waals surface area (Å²) in [5, 5.41) is 7.34. The summed E-state index contributed by atoms with van der Waals surface area (Å²) in [6.45, 7) is 0. The molecule has 0 radical (unpaired) electrons. The van der Waals surface area contributed by atoms with Crippen LogP contribution in [0.4, 0.5) is 0 Å². The van der Waals surface area contributed by atoms with Crippen LogP contribution in [-0.2, 0) is 9.59 Å². The molecule has 2 rings (SSSR count). The Labute approximate surface area is 105 Å². The highest BCUT2D eigenvalue weighted by Gasteiger charge is 2.29. The third-order valence-corrected chi connectivity index (χ3v) is 4.41. The van der Waals surface area contributed by atoms with Crippen molar-refractivity contribution in [2.75, 3.05) is 6.26 Å². The SMILES string of the molecule is CSC1CCCC1NC(=O)C1=NNC(=O)CC1. The van der Waals surface area contributed by atoms with Gasteiger partial charge >= 0.3 is 0 Å². The maximum absolute atomic E-state index is 11.9. The predicted octanol–water partition coefficient (Wildman–Crippen LogP) is 0.653. The third-order valence-electron chi connectivity index (χ3n) is 3.24. The highest BCUT2D eigenvalue weighted by Crippen LogP contribution is 2.28. The Morgan fingerprint density at radius 3 is 2.94 bits per heavy atom. The van der Waals surface area contributed by atoms with Gasteiger partial charge < -0.3 is 5.32 Å². The van der Waals surface area contributed by atoms with Crippen molar-refractivity contribution < 1.29 is 9.59 Å². The molecule has 1 fully saturated rings. The molecule has 1 saturated carbocycles. The van der Waals surface area contributed by atoms with Crippen LogP contribution in [0.15, 0.2) is 5.10 Å². The Bertz CT molecular complexity index is 357. The van der Waals surface area contributed by atoms with Gasteiger partial charge in [-0.25, -0.2) is 5.43 Å². The lowest BCUT2D eigenvalue weighted by Crippen LogP contribution is -2.44. The van der Waals surface area contributed by atoms with Crippen LogP contribution in [0.3, 0.4) is 0 Å². The highest BCUT2D eigenvalue weighted by molar-refractivity contribution is 7.99. The number of nitrogens with one attached hydrogen (secondary N) is 2. The number of carbonyl (C=O) groups is 2. The fourth-order valence-electron chi connectivity index (χ4n) is 2.26. The molecule has 1 heterocycles. The Morgan fingerprint density at radius 2 is 2.29 bits per heavy atom. The first-order valence-electron chi connectivity index (χ1n) is 5.90. The lowest BCUT2D eigenvalue weighted by atomic mass is 10.1. The van der Waals surface area contributed by atoms with E-state index in [1.165, 1.54) is 6.42 Å². The van der Waals surface area contributed by atoms with E-state index in [2.05, 4.69) is 22.1 Å². The van der Waals surface area contributed by atoms with Crippen LogP contribution in [-0.4, -0.2) is 35.1 Å². The maximum Gasteiger partial charge on any atom is 0.267 e. The molecule has 1 aliphatic heterocycles. The molecule has 2 aliphatic rings. The summed E-state index contributed by atoms with van der Waals surface area (Å²) in [5.41, 5.74) is 2.79. The van der Waals surface area contributed by atoms with E-state index in [0.29, 0.717) is 23.8 Å². The van der Waals surface area contributed by atoms with Crippen LogP contribution in [0.25, 0.3) is 0 Å². The van der Waals surface area contributed by atoms with Crippen molar-refractivity contribution in [1.82, 2.24) is 10.7 Å². The molecule has 0 saturated heterocycles. The van der Waals surface area contributed by atoms with Gasteiger partial charge in [-0.1, -0.05) is 6.42 Å². The smallest absolute Gasteiger partial charge is 0.267 e. The number of nitrogens with zero attached hydrogens (tertiary/aromatic N) is 1. The quantitative estimate of drug-likeness (QED) is 0.778. The topological polar surface area (TPSA) is 70.6 Å². The Morgan fingerprint density at radius 1 is 1.47 bits per heavy atom. The third kappa shape index (κ3) is 3.00. The normalized spacial score (nSPS) is 28.5. The van der Waals surface area contributed by atoms with Crippen LogP contribution < -0.4 is 10.7 Å². The van der Waals surface area contributed by atoms with E-state index < -0.39 is 0 Å². The maximum atomic E-state index is 11.9. The van der Waals surface area contributed by atoms with Crippen LogP contribution in [0.1, 0.15) is 32.1 Å². The van der Waals surface area contributed by atoms with Gasteiger partial charge in [-0.05, 0) is 19.1 Å². The lowest BCUT2D eigenvalue weighted by Gasteiger charge is -2.20. The van der Waals surface area contributed by atoms with Gasteiger partial charge in [-0.2, -0.15) is 16.9 Å². The molecule has 2 N–H and O–H groups in total. The van der Waals surface area contributed by atoms with Gasteiger partial charge in [-0.3, -0.25) is 9.59 Å². The van der Waals surface area contributed by atoms with Crippen molar-refractivity contribution >= 4 is 29.3 Å². The molecule has 17 heavy (non-hydrogen) atoms. The molecule has 0 aromatic heterocycles. The summed E-state index contributed by atoms with van der Waals surface area (Å²) in [6, 6.07) is 0.248. The standard InChI is InChI=1S/C11H17N3O2S/c1-17-9-4-2-3-7(9)12-11(16)8-5-6-10(15)14-13-8/h7,9H,2-6H2,1H3,(H,12,16)(H,14,15). The zero-order valence-electron chi connectivity index (χ0n) is 9.86. The van der Waals surface area contributed by atoms with E-state index in [4.69, 9.17) is 0 Å². The van der Waals surface area contributed by atoms with E-state index in [0.717, 1.165) is 12.8 Å². The molecule has 2 atom stereocenters. The molecular formula is C11H17N3O2S. The summed E-state index contributed by atoms with van der Waals surface area (Å²) < 4.78 is 0. The van der Waals surface area contributed by atoms with Gasteiger partial charge in [0.15, 0.2) is 0 Å². The van der Waals surface area contributed by atoms with Gasteiger partial charge in [0.25, 0.3) is 5.91 Å². The van der Waals surface area contributed by atoms with Crippen molar-refractivity contribution in [2.24, 2.45) is 5.10 Å². The average Bonchev–Trinajstić information content (AvgIpc) is 2.77. The van der Waals surface area contributed by atoms with E-state index in [9.17, 15) is 9.59 Å². The zero-order chi connectivity index (χ0) is 12.3. The zero-order valence-corrected chi connectivity index (χ0v) is 10.7. The molecular weight excluding hydrogens is 238 g/mol. The molecule has 1 aliphatic carbocycles. The second-order valence-corrected chi connectivity index (χ2v) is 5.46. The van der Waals surface area contributed by atoms with E-state index >= 15 is 0 Å². The number of thioether (sulfide) groups is 1. The van der Waals surface area contributed by atoms with Crippen LogP contribution in [0.2, 0.25) is 0 Å². The molecule has 6 heteroatoms. The first-order valence-corrected chi connectivity index (χ1v) is 7.18. The Balaban J connectivity index is 1.90. The molecule has 0 spiro atoms. The molecule has 2 amide bonds. The van der Waals surface area contributed by atoms with Crippen molar-refractivity contribution in [3.63, 3.8) is 0 Å². The number of hydrogen-bond acceptors (Lipinski definition) is 4. The number of hydrogen-bond donors (Lipinski definition) is 2. The second-order valence-electron chi connectivity index (χ2n) is 4.38. The molecule has 0 aromatic carbocycles. The first kappa shape index (κ1) is 12.4. The van der Waals surface area contributed by atoms with Gasteiger partial charge in [0.05, 0.1) is 0 Å². The average molecular weight is 255 g/mol. The van der Waals surface area contributed by atoms with E-state index in [1.807, 2.05) is 0 Å². The fraction of sp³-hybridized carbons (Fsp3) is 0.727. The number of carbonyl (C=O) groups excluding carboxylic acids is 2. The lowest BCUT2D eigenvalue weighted by molar-refractivity contribution is -0.121. The van der Waals surface area contributed by atoms with Gasteiger partial charge in [-0.15, -0.1) is 0 Å². The molecule has 94 valence electrons.